The molecular weight excluding hydrogens is 389 g/mol. The molecule has 0 unspecified atom stereocenters. The fraction of sp³-hybridized carbons (Fsp3) is 0.200. The molecule has 0 aliphatic carbocycles. The Kier molecular flexibility index (Phi) is 6.20. The van der Waals surface area contributed by atoms with Crippen molar-refractivity contribution in [1.82, 2.24) is 4.98 Å². The fourth-order valence-corrected chi connectivity index (χ4v) is 3.05. The van der Waals surface area contributed by atoms with E-state index < -0.39 is 11.9 Å². The summed E-state index contributed by atoms with van der Waals surface area (Å²) >= 11 is 12.4. The Morgan fingerprint density at radius 1 is 1.36 bits per heavy atom. The molecule has 0 saturated heterocycles. The summed E-state index contributed by atoms with van der Waals surface area (Å²) in [6.45, 7) is 1.48. The third kappa shape index (κ3) is 4.20. The van der Waals surface area contributed by atoms with Crippen LogP contribution in [0.2, 0.25) is 10.2 Å². The molecule has 0 fully saturated rings. The van der Waals surface area contributed by atoms with Crippen LogP contribution in [-0.4, -0.2) is 23.5 Å². The largest absolute Gasteiger partial charge is 0.462 e. The molecule has 0 saturated carbocycles. The zero-order valence-corrected chi connectivity index (χ0v) is 15.2. The Morgan fingerprint density at radius 2 is 2.08 bits per heavy atom. The van der Waals surface area contributed by atoms with Crippen LogP contribution < -0.4 is 5.73 Å². The maximum atomic E-state index is 12.1. The van der Waals surface area contributed by atoms with Crippen molar-refractivity contribution >= 4 is 51.5 Å². The first-order valence-electron chi connectivity index (χ1n) is 6.85. The smallest absolute Gasteiger partial charge is 0.348 e. The molecule has 2 heterocycles. The maximum Gasteiger partial charge on any atom is 0.348 e. The lowest BCUT2D eigenvalue weighted by Gasteiger charge is -2.07. The number of ether oxygens (including phenoxy) is 2. The highest BCUT2D eigenvalue weighted by Gasteiger charge is 2.24. The van der Waals surface area contributed by atoms with Crippen molar-refractivity contribution in [1.29, 1.82) is 5.26 Å². The molecule has 0 spiro atoms. The molecule has 2 aromatic heterocycles. The van der Waals surface area contributed by atoms with Gasteiger partial charge in [0.15, 0.2) is 0 Å². The van der Waals surface area contributed by atoms with Crippen LogP contribution in [0.4, 0.5) is 5.00 Å². The topological polar surface area (TPSA) is 115 Å². The minimum Gasteiger partial charge on any atom is -0.462 e. The Labute approximate surface area is 156 Å². The lowest BCUT2D eigenvalue weighted by Crippen LogP contribution is -2.10. The van der Waals surface area contributed by atoms with Gasteiger partial charge in [0.05, 0.1) is 22.8 Å². The van der Waals surface area contributed by atoms with E-state index in [0.29, 0.717) is 0 Å². The van der Waals surface area contributed by atoms with Crippen LogP contribution >= 0.6 is 34.5 Å². The molecule has 2 aromatic rings. The number of thiophene rings is 1. The van der Waals surface area contributed by atoms with Gasteiger partial charge in [-0.3, -0.25) is 0 Å². The van der Waals surface area contributed by atoms with E-state index >= 15 is 0 Å². The quantitative estimate of drug-likeness (QED) is 0.604. The molecule has 0 amide bonds. The van der Waals surface area contributed by atoms with Crippen LogP contribution in [0.25, 0.3) is 0 Å². The molecule has 2 N–H and O–H groups in total. The van der Waals surface area contributed by atoms with E-state index in [4.69, 9.17) is 38.4 Å². The Bertz CT molecular complexity index is 876. The van der Waals surface area contributed by atoms with Gasteiger partial charge in [-0.15, -0.1) is 11.3 Å². The van der Waals surface area contributed by atoms with Crippen LogP contribution in [0, 0.1) is 11.3 Å². The lowest BCUT2D eigenvalue weighted by atomic mass is 10.1. The number of rotatable bonds is 5. The lowest BCUT2D eigenvalue weighted by molar-refractivity contribution is 0.0452. The summed E-state index contributed by atoms with van der Waals surface area (Å²) in [7, 11) is 0. The van der Waals surface area contributed by atoms with Gasteiger partial charge >= 0.3 is 11.9 Å². The first kappa shape index (κ1) is 19.0. The van der Waals surface area contributed by atoms with Crippen molar-refractivity contribution < 1.29 is 19.1 Å². The zero-order valence-electron chi connectivity index (χ0n) is 12.8. The Hall–Kier alpha value is -2.34. The van der Waals surface area contributed by atoms with E-state index in [1.807, 2.05) is 6.07 Å². The SMILES string of the molecule is CCOC(=O)c1sc(N)c(C#N)c1COC(=O)c1cnc(Cl)c(Cl)c1. The summed E-state index contributed by atoms with van der Waals surface area (Å²) < 4.78 is 10.1. The number of nitrogen functional groups attached to an aromatic ring is 1. The van der Waals surface area contributed by atoms with Crippen LogP contribution in [0.15, 0.2) is 12.3 Å². The number of nitriles is 1. The van der Waals surface area contributed by atoms with Gasteiger partial charge in [0.1, 0.15) is 27.7 Å². The first-order chi connectivity index (χ1) is 11.9. The van der Waals surface area contributed by atoms with E-state index in [2.05, 4.69) is 4.98 Å². The third-order valence-electron chi connectivity index (χ3n) is 2.99. The van der Waals surface area contributed by atoms with Crippen molar-refractivity contribution in [2.45, 2.75) is 13.5 Å². The molecule has 0 aliphatic rings. The molecule has 2 rings (SSSR count). The molecule has 130 valence electrons. The van der Waals surface area contributed by atoms with Gasteiger partial charge in [-0.05, 0) is 13.0 Å². The van der Waals surface area contributed by atoms with Gasteiger partial charge in [-0.25, -0.2) is 14.6 Å². The van der Waals surface area contributed by atoms with Crippen molar-refractivity contribution in [2.24, 2.45) is 0 Å². The molecule has 0 atom stereocenters. The van der Waals surface area contributed by atoms with Crippen molar-refractivity contribution in [3.8, 4) is 6.07 Å². The molecule has 0 radical (unpaired) electrons. The average molecular weight is 400 g/mol. The average Bonchev–Trinajstić information content (AvgIpc) is 2.91. The molecule has 0 aliphatic heterocycles. The Morgan fingerprint density at radius 3 is 2.68 bits per heavy atom. The van der Waals surface area contributed by atoms with Gasteiger partial charge in [0.25, 0.3) is 0 Å². The van der Waals surface area contributed by atoms with E-state index in [9.17, 15) is 14.9 Å². The van der Waals surface area contributed by atoms with E-state index in [1.165, 1.54) is 12.3 Å². The number of anilines is 1. The minimum atomic E-state index is -0.741. The number of aromatic nitrogens is 1. The van der Waals surface area contributed by atoms with Crippen LogP contribution in [-0.2, 0) is 16.1 Å². The molecule has 25 heavy (non-hydrogen) atoms. The predicted octanol–water partition coefficient (Wildman–Crippen LogP) is 3.44. The predicted molar refractivity (Wildman–Crippen MR) is 92.8 cm³/mol. The summed E-state index contributed by atoms with van der Waals surface area (Å²) in [6, 6.07) is 3.20. The number of hydrogen-bond donors (Lipinski definition) is 1. The summed E-state index contributed by atoms with van der Waals surface area (Å²) in [5, 5.41) is 9.52. The maximum absolute atomic E-state index is 12.1. The van der Waals surface area contributed by atoms with E-state index in [-0.39, 0.29) is 50.0 Å². The standard InChI is InChI=1S/C15H11Cl2N3O4S/c1-2-23-15(22)11-9(8(4-18)13(19)25-11)6-24-14(21)7-3-10(16)12(17)20-5-7/h3,5H,2,6,19H2,1H3. The van der Waals surface area contributed by atoms with Crippen LogP contribution in [0.5, 0.6) is 0 Å². The van der Waals surface area contributed by atoms with Gasteiger partial charge < -0.3 is 15.2 Å². The molecule has 0 bridgehead atoms. The number of pyridine rings is 1. The summed E-state index contributed by atoms with van der Waals surface area (Å²) in [5.74, 6) is -1.38. The van der Waals surface area contributed by atoms with Crippen molar-refractivity contribution in [3.05, 3.63) is 44.0 Å². The number of halogens is 2. The summed E-state index contributed by atoms with van der Waals surface area (Å²) in [5.41, 5.74) is 6.10. The zero-order chi connectivity index (χ0) is 18.6. The number of carbonyl (C=O) groups is 2. The molecule has 0 aromatic carbocycles. The minimum absolute atomic E-state index is 0.0557. The van der Waals surface area contributed by atoms with Crippen molar-refractivity contribution in [2.75, 3.05) is 12.3 Å². The van der Waals surface area contributed by atoms with Gasteiger partial charge in [-0.1, -0.05) is 23.2 Å². The van der Waals surface area contributed by atoms with Gasteiger partial charge in [-0.2, -0.15) is 5.26 Å². The summed E-state index contributed by atoms with van der Waals surface area (Å²) in [6.07, 6.45) is 1.20. The van der Waals surface area contributed by atoms with Gasteiger partial charge in [0, 0.05) is 11.8 Å². The summed E-state index contributed by atoms with van der Waals surface area (Å²) in [4.78, 5) is 28.0. The highest BCUT2D eigenvalue weighted by Crippen LogP contribution is 2.32. The molecular formula is C15H11Cl2N3O4S. The molecule has 10 heteroatoms. The second-order valence-electron chi connectivity index (χ2n) is 4.55. The van der Waals surface area contributed by atoms with Crippen LogP contribution in [0.1, 0.15) is 38.1 Å². The van der Waals surface area contributed by atoms with E-state index in [1.54, 1.807) is 6.92 Å². The van der Waals surface area contributed by atoms with Crippen LogP contribution in [0.3, 0.4) is 0 Å². The number of nitrogens with two attached hydrogens (primary N) is 1. The molecule has 7 nitrogen and oxygen atoms in total. The number of carbonyl (C=O) groups excluding carboxylic acids is 2. The van der Waals surface area contributed by atoms with Gasteiger partial charge in [0.2, 0.25) is 0 Å². The number of esters is 2. The normalized spacial score (nSPS) is 10.2. The highest BCUT2D eigenvalue weighted by molar-refractivity contribution is 7.18. The second kappa shape index (κ2) is 8.16. The monoisotopic (exact) mass is 399 g/mol. The fourth-order valence-electron chi connectivity index (χ4n) is 1.86. The first-order valence-corrected chi connectivity index (χ1v) is 8.42. The van der Waals surface area contributed by atoms with E-state index in [0.717, 1.165) is 11.3 Å². The van der Waals surface area contributed by atoms with Crippen molar-refractivity contribution in [3.63, 3.8) is 0 Å². The Balaban J connectivity index is 2.24. The third-order valence-corrected chi connectivity index (χ3v) is 4.71. The second-order valence-corrected chi connectivity index (χ2v) is 6.37. The highest BCUT2D eigenvalue weighted by atomic mass is 35.5. The number of nitrogens with zero attached hydrogens (tertiary/aromatic N) is 2. The number of hydrogen-bond acceptors (Lipinski definition) is 8.